The maximum absolute atomic E-state index is 8.81. The van der Waals surface area contributed by atoms with Gasteiger partial charge in [-0.1, -0.05) is 0 Å². The Morgan fingerprint density at radius 1 is 1.57 bits per heavy atom. The number of carboxylic acid groups (broad SMARTS) is 1. The normalized spacial score (nSPS) is 6.57. The maximum atomic E-state index is 8.81. The van der Waals surface area contributed by atoms with Crippen LogP contribution in [0.4, 0.5) is 0 Å². The summed E-state index contributed by atoms with van der Waals surface area (Å²) in [5.74, 6) is 0. The highest BCUT2D eigenvalue weighted by molar-refractivity contribution is 7.69. The average molecular weight is 127 g/mol. The Kier molecular flexibility index (Phi) is 12.4. The first-order valence-corrected chi connectivity index (χ1v) is 2.36. The molecule has 0 aliphatic heterocycles. The topological polar surface area (TPSA) is 97.5 Å². The second-order valence-electron chi connectivity index (χ2n) is 0.391. The van der Waals surface area contributed by atoms with Crippen LogP contribution in [-0.4, -0.2) is 20.0 Å². The van der Waals surface area contributed by atoms with Crippen LogP contribution in [0.25, 0.3) is 0 Å². The van der Waals surface area contributed by atoms with Crippen LogP contribution >= 0.6 is 0 Å². The zero-order chi connectivity index (χ0) is 6.28. The molecule has 0 unspecified atom stereocenters. The van der Waals surface area contributed by atoms with Crippen molar-refractivity contribution in [2.24, 2.45) is 5.14 Å². The number of hydrogen-bond donors (Lipinski definition) is 3. The van der Waals surface area contributed by atoms with E-state index < -0.39 is 10.9 Å². The lowest BCUT2D eigenvalue weighted by atomic mass is 11.7. The lowest BCUT2D eigenvalue weighted by molar-refractivity contribution is -0.122. The summed E-state index contributed by atoms with van der Waals surface area (Å²) in [5.41, 5.74) is 0. The molecule has 0 aromatic carbocycles. The van der Waals surface area contributed by atoms with E-state index in [0.29, 0.717) is 0 Å². The molecule has 44 valence electrons. The van der Waals surface area contributed by atoms with E-state index in [-0.39, 0.29) is 6.47 Å². The third-order valence-corrected chi connectivity index (χ3v) is 0. The summed E-state index contributed by atoms with van der Waals surface area (Å²) >= 11 is 0. The van der Waals surface area contributed by atoms with Crippen molar-refractivity contribution >= 4 is 17.4 Å². The molecule has 0 radical (unpaired) electrons. The van der Waals surface area contributed by atoms with E-state index in [1.807, 2.05) is 0 Å². The Balaban J connectivity index is 0. The first kappa shape index (κ1) is 9.63. The van der Waals surface area contributed by atoms with Gasteiger partial charge >= 0.3 is 0 Å². The molecule has 0 fully saturated rings. The van der Waals surface area contributed by atoms with E-state index >= 15 is 0 Å². The molecule has 5 nitrogen and oxygen atoms in total. The van der Waals surface area contributed by atoms with Crippen LogP contribution in [0.15, 0.2) is 0 Å². The summed E-state index contributed by atoms with van der Waals surface area (Å²) in [6, 6.07) is 0. The Hall–Kier alpha value is -0.620. The minimum absolute atomic E-state index is 0.250. The van der Waals surface area contributed by atoms with Crippen LogP contribution in [0.5, 0.6) is 0 Å². The van der Waals surface area contributed by atoms with Crippen LogP contribution in [0.1, 0.15) is 0 Å². The Morgan fingerprint density at radius 2 is 1.57 bits per heavy atom. The minimum atomic E-state index is -2.62. The van der Waals surface area contributed by atoms with Crippen LogP contribution in [0, 0.1) is 0 Å². The molecule has 0 aliphatic carbocycles. The summed E-state index contributed by atoms with van der Waals surface area (Å²) in [6.45, 7) is -0.250. The first-order valence-electron chi connectivity index (χ1n) is 1.12. The van der Waals surface area contributed by atoms with Gasteiger partial charge in [0, 0.05) is 0 Å². The van der Waals surface area contributed by atoms with E-state index in [2.05, 4.69) is 5.14 Å². The molecule has 0 heterocycles. The van der Waals surface area contributed by atoms with Crippen molar-refractivity contribution in [1.82, 2.24) is 0 Å². The first-order chi connectivity index (χ1) is 3.15. The van der Waals surface area contributed by atoms with Crippen molar-refractivity contribution in [3.63, 3.8) is 0 Å². The zero-order valence-electron chi connectivity index (χ0n) is 3.27. The van der Waals surface area contributed by atoms with Gasteiger partial charge in [0.05, 0.1) is 0 Å². The second kappa shape index (κ2) is 9.03. The van der Waals surface area contributed by atoms with Crippen molar-refractivity contribution < 1.29 is 18.3 Å². The van der Waals surface area contributed by atoms with Gasteiger partial charge in [-0.15, -0.1) is 0 Å². The number of nitrogens with two attached hydrogens (primary N) is 1. The number of hydrogen-bond acceptors (Lipinski definition) is 3. The molecule has 0 saturated heterocycles. The number of carbonyl (C=O) groups is 1. The molecule has 0 spiro atoms. The largest absolute Gasteiger partial charge is 0.483 e. The van der Waals surface area contributed by atoms with Crippen LogP contribution in [0.2, 0.25) is 0 Å². The number of rotatable bonds is 0. The smallest absolute Gasteiger partial charge is 0.290 e. The van der Waals surface area contributed by atoms with E-state index in [4.69, 9.17) is 18.3 Å². The standard InChI is InChI=1S/CH2O2.H3NO2S/c2-1-3;1-4(2)3/h1H,(H,2,3);4H,(H2,1,2,3). The fourth-order valence-electron chi connectivity index (χ4n) is 0. The molecule has 0 bridgehead atoms. The van der Waals surface area contributed by atoms with Crippen molar-refractivity contribution in [2.75, 3.05) is 0 Å². The van der Waals surface area contributed by atoms with Gasteiger partial charge in [0.1, 0.15) is 0 Å². The molecule has 0 aromatic rings. The SMILES string of the molecule is N[SH](=O)=O.O=CO. The maximum Gasteiger partial charge on any atom is 0.290 e. The summed E-state index contributed by atoms with van der Waals surface area (Å²) in [7, 11) is -2.62. The van der Waals surface area contributed by atoms with Crippen molar-refractivity contribution in [1.29, 1.82) is 0 Å². The molecule has 3 N–H and O–H groups in total. The van der Waals surface area contributed by atoms with Gasteiger partial charge in [0.2, 0.25) is 0 Å². The van der Waals surface area contributed by atoms with Gasteiger partial charge in [-0.3, -0.25) is 4.79 Å². The molecular weight excluding hydrogens is 122 g/mol. The molecule has 0 rings (SSSR count). The average Bonchev–Trinajstić information content (AvgIpc) is 1.33. The third kappa shape index (κ3) is 160. The molecule has 0 aromatic heterocycles. The Labute approximate surface area is 41.8 Å². The molecule has 0 atom stereocenters. The van der Waals surface area contributed by atoms with Gasteiger partial charge < -0.3 is 5.11 Å². The third-order valence-electron chi connectivity index (χ3n) is 0. The fraction of sp³-hybridized carbons (Fsp3) is 0. The van der Waals surface area contributed by atoms with Crippen molar-refractivity contribution in [3.8, 4) is 0 Å². The summed E-state index contributed by atoms with van der Waals surface area (Å²) in [5, 5.41) is 11.0. The lowest BCUT2D eigenvalue weighted by Gasteiger charge is -1.44. The molecule has 0 saturated carbocycles. The molecular formula is CH5NO4S. The van der Waals surface area contributed by atoms with E-state index in [9.17, 15) is 0 Å². The van der Waals surface area contributed by atoms with Crippen LogP contribution < -0.4 is 5.14 Å². The van der Waals surface area contributed by atoms with Gasteiger partial charge in [-0.25, -0.2) is 13.6 Å². The minimum Gasteiger partial charge on any atom is -0.483 e. The predicted octanol–water partition coefficient (Wildman–Crippen LogP) is -1.83. The highest BCUT2D eigenvalue weighted by Gasteiger charge is 1.42. The van der Waals surface area contributed by atoms with Gasteiger partial charge in [0.25, 0.3) is 6.47 Å². The van der Waals surface area contributed by atoms with E-state index in [1.54, 1.807) is 0 Å². The van der Waals surface area contributed by atoms with Crippen molar-refractivity contribution in [2.45, 2.75) is 0 Å². The van der Waals surface area contributed by atoms with Gasteiger partial charge in [-0.2, -0.15) is 0 Å². The van der Waals surface area contributed by atoms with E-state index in [1.165, 1.54) is 0 Å². The van der Waals surface area contributed by atoms with Crippen LogP contribution in [-0.2, 0) is 15.7 Å². The summed E-state index contributed by atoms with van der Waals surface area (Å²) < 4.78 is 17.6. The van der Waals surface area contributed by atoms with Crippen molar-refractivity contribution in [3.05, 3.63) is 0 Å². The Morgan fingerprint density at radius 3 is 1.57 bits per heavy atom. The fourth-order valence-corrected chi connectivity index (χ4v) is 0. The van der Waals surface area contributed by atoms with Gasteiger partial charge in [0.15, 0.2) is 10.9 Å². The Bertz CT molecular complexity index is 87.9. The summed E-state index contributed by atoms with van der Waals surface area (Å²) in [6.07, 6.45) is 0. The lowest BCUT2D eigenvalue weighted by Crippen LogP contribution is -1.85. The monoisotopic (exact) mass is 127 g/mol. The molecule has 0 aliphatic rings. The van der Waals surface area contributed by atoms with Gasteiger partial charge in [-0.05, 0) is 0 Å². The highest BCUT2D eigenvalue weighted by Crippen LogP contribution is 1.14. The molecule has 0 amide bonds. The molecule has 7 heavy (non-hydrogen) atoms. The van der Waals surface area contributed by atoms with Crippen LogP contribution in [0.3, 0.4) is 0 Å². The predicted molar refractivity (Wildman–Crippen MR) is 23.2 cm³/mol. The number of thiol groups is 1. The highest BCUT2D eigenvalue weighted by atomic mass is 32.2. The van der Waals surface area contributed by atoms with E-state index in [0.717, 1.165) is 0 Å². The molecule has 6 heteroatoms. The zero-order valence-corrected chi connectivity index (χ0v) is 4.17. The summed E-state index contributed by atoms with van der Waals surface area (Å²) in [4.78, 5) is 8.36. The quantitative estimate of drug-likeness (QED) is 0.263. The second-order valence-corrected chi connectivity index (χ2v) is 0.961.